The van der Waals surface area contributed by atoms with Gasteiger partial charge < -0.3 is 15.0 Å². The number of aromatic amines is 1. The third kappa shape index (κ3) is 3.82. The fourth-order valence-corrected chi connectivity index (χ4v) is 1.90. The van der Waals surface area contributed by atoms with Crippen LogP contribution in [0.15, 0.2) is 41.3 Å². The number of amides is 1. The summed E-state index contributed by atoms with van der Waals surface area (Å²) in [6.45, 7) is 2.84. The molecule has 2 aromatic rings. The Hall–Kier alpha value is -2.89. The number of aromatic nitrogens is 1. The highest BCUT2D eigenvalue weighted by Gasteiger charge is 2.09. The lowest BCUT2D eigenvalue weighted by molar-refractivity contribution is -0.118. The molecule has 0 fully saturated rings. The zero-order valence-electron chi connectivity index (χ0n) is 12.3. The highest BCUT2D eigenvalue weighted by Crippen LogP contribution is 2.12. The van der Waals surface area contributed by atoms with Crippen molar-refractivity contribution in [3.8, 4) is 5.75 Å². The van der Waals surface area contributed by atoms with Crippen molar-refractivity contribution in [1.29, 1.82) is 0 Å². The quantitative estimate of drug-likeness (QED) is 0.825. The van der Waals surface area contributed by atoms with E-state index in [9.17, 15) is 14.4 Å². The second kappa shape index (κ2) is 6.71. The molecule has 22 heavy (non-hydrogen) atoms. The normalized spacial score (nSPS) is 10.1. The summed E-state index contributed by atoms with van der Waals surface area (Å²) < 4.78 is 5.26. The number of carbonyl (C=O) groups excluding carboxylic acids is 2. The minimum atomic E-state index is -0.414. The van der Waals surface area contributed by atoms with Crippen LogP contribution in [0.1, 0.15) is 23.0 Å². The Labute approximate surface area is 127 Å². The first-order valence-corrected chi connectivity index (χ1v) is 6.69. The summed E-state index contributed by atoms with van der Waals surface area (Å²) in [7, 11) is 0. The lowest BCUT2D eigenvalue weighted by Crippen LogP contribution is -2.22. The van der Waals surface area contributed by atoms with Gasteiger partial charge in [-0.1, -0.05) is 12.1 Å². The lowest BCUT2D eigenvalue weighted by atomic mass is 10.1. The molecule has 1 aromatic heterocycles. The SMILES string of the molecule is CC(=O)c1cccc(NC(=O)COc2c(C)[nH]ccc2=O)c1. The Morgan fingerprint density at radius 3 is 2.73 bits per heavy atom. The van der Waals surface area contributed by atoms with Crippen LogP contribution >= 0.6 is 0 Å². The van der Waals surface area contributed by atoms with Gasteiger partial charge in [-0.15, -0.1) is 0 Å². The molecule has 2 N–H and O–H groups in total. The first kappa shape index (κ1) is 15.5. The molecule has 0 aliphatic heterocycles. The highest BCUT2D eigenvalue weighted by atomic mass is 16.5. The van der Waals surface area contributed by atoms with E-state index in [1.165, 1.54) is 19.2 Å². The second-order valence-corrected chi connectivity index (χ2v) is 4.77. The molecular formula is C16H16N2O4. The number of carbonyl (C=O) groups is 2. The molecule has 0 spiro atoms. The molecule has 1 aromatic carbocycles. The molecule has 0 atom stereocenters. The summed E-state index contributed by atoms with van der Waals surface area (Å²) in [5, 5.41) is 2.62. The number of hydrogen-bond acceptors (Lipinski definition) is 4. The highest BCUT2D eigenvalue weighted by molar-refractivity contribution is 5.97. The first-order valence-electron chi connectivity index (χ1n) is 6.69. The Balaban J connectivity index is 2.00. The molecule has 0 saturated carbocycles. The van der Waals surface area contributed by atoms with Gasteiger partial charge in [0.1, 0.15) is 0 Å². The smallest absolute Gasteiger partial charge is 0.262 e. The van der Waals surface area contributed by atoms with Crippen molar-refractivity contribution in [2.24, 2.45) is 0 Å². The molecule has 0 unspecified atom stereocenters. The molecule has 0 aliphatic carbocycles. The number of ether oxygens (including phenoxy) is 1. The van der Waals surface area contributed by atoms with Crippen LogP contribution < -0.4 is 15.5 Å². The number of H-pyrrole nitrogens is 1. The third-order valence-corrected chi connectivity index (χ3v) is 3.00. The summed E-state index contributed by atoms with van der Waals surface area (Å²) >= 11 is 0. The minimum Gasteiger partial charge on any atom is -0.478 e. The van der Waals surface area contributed by atoms with Gasteiger partial charge in [0, 0.05) is 23.5 Å². The minimum absolute atomic E-state index is 0.0845. The number of Topliss-reactive ketones (excluding diaryl/α,β-unsaturated/α-hetero) is 1. The molecule has 0 aliphatic rings. The Kier molecular flexibility index (Phi) is 4.73. The van der Waals surface area contributed by atoms with E-state index in [2.05, 4.69) is 10.3 Å². The van der Waals surface area contributed by atoms with Gasteiger partial charge in [-0.2, -0.15) is 0 Å². The molecule has 1 amide bonds. The molecule has 114 valence electrons. The summed E-state index contributed by atoms with van der Waals surface area (Å²) in [5.41, 5.74) is 1.27. The van der Waals surface area contributed by atoms with Crippen molar-refractivity contribution in [1.82, 2.24) is 4.98 Å². The van der Waals surface area contributed by atoms with E-state index in [-0.39, 0.29) is 23.6 Å². The summed E-state index contributed by atoms with van der Waals surface area (Å²) in [4.78, 5) is 37.6. The number of benzene rings is 1. The first-order chi connectivity index (χ1) is 10.5. The van der Waals surface area contributed by atoms with Crippen molar-refractivity contribution in [3.05, 3.63) is 58.0 Å². The predicted molar refractivity (Wildman–Crippen MR) is 82.4 cm³/mol. The lowest BCUT2D eigenvalue weighted by Gasteiger charge is -2.09. The van der Waals surface area contributed by atoms with Crippen LogP contribution in [0.4, 0.5) is 5.69 Å². The molecule has 6 heteroatoms. The number of aryl methyl sites for hydroxylation is 1. The molecular weight excluding hydrogens is 284 g/mol. The maximum absolute atomic E-state index is 11.9. The van der Waals surface area contributed by atoms with Crippen molar-refractivity contribution in [2.45, 2.75) is 13.8 Å². The number of nitrogens with one attached hydrogen (secondary N) is 2. The van der Waals surface area contributed by atoms with Crippen molar-refractivity contribution in [2.75, 3.05) is 11.9 Å². The summed E-state index contributed by atoms with van der Waals surface area (Å²) in [5.74, 6) is -0.378. The van der Waals surface area contributed by atoms with Gasteiger partial charge in [-0.05, 0) is 26.0 Å². The number of pyridine rings is 1. The van der Waals surface area contributed by atoms with Crippen LogP contribution in [0.25, 0.3) is 0 Å². The summed E-state index contributed by atoms with van der Waals surface area (Å²) in [6.07, 6.45) is 1.51. The van der Waals surface area contributed by atoms with Gasteiger partial charge in [0.25, 0.3) is 5.91 Å². The summed E-state index contributed by atoms with van der Waals surface area (Å²) in [6, 6.07) is 7.93. The molecule has 0 bridgehead atoms. The average Bonchev–Trinajstić information content (AvgIpc) is 2.47. The van der Waals surface area contributed by atoms with Gasteiger partial charge >= 0.3 is 0 Å². The molecule has 2 rings (SSSR count). The topological polar surface area (TPSA) is 88.3 Å². The Bertz CT molecular complexity index is 765. The third-order valence-electron chi connectivity index (χ3n) is 3.00. The van der Waals surface area contributed by atoms with E-state index in [0.29, 0.717) is 16.9 Å². The van der Waals surface area contributed by atoms with Crippen molar-refractivity contribution < 1.29 is 14.3 Å². The van der Waals surface area contributed by atoms with Gasteiger partial charge in [0.2, 0.25) is 5.43 Å². The zero-order chi connectivity index (χ0) is 16.1. The monoisotopic (exact) mass is 300 g/mol. The molecule has 0 saturated heterocycles. The number of ketones is 1. The van der Waals surface area contributed by atoms with E-state index in [0.717, 1.165) is 0 Å². The molecule has 6 nitrogen and oxygen atoms in total. The van der Waals surface area contributed by atoms with Gasteiger partial charge in [-0.3, -0.25) is 14.4 Å². The number of rotatable bonds is 5. The van der Waals surface area contributed by atoms with Gasteiger partial charge in [-0.25, -0.2) is 0 Å². The second-order valence-electron chi connectivity index (χ2n) is 4.77. The van der Waals surface area contributed by atoms with Crippen LogP contribution in [-0.2, 0) is 4.79 Å². The van der Waals surface area contributed by atoms with E-state index < -0.39 is 5.91 Å². The Morgan fingerprint density at radius 2 is 2.05 bits per heavy atom. The van der Waals surface area contributed by atoms with E-state index in [1.807, 2.05) is 0 Å². The standard InChI is InChI=1S/C16H16N2O4/c1-10-16(14(20)6-7-17-10)22-9-15(21)18-13-5-3-4-12(8-13)11(2)19/h3-8H,9H2,1-2H3,(H,17,20)(H,18,21). The van der Waals surface area contributed by atoms with E-state index in [1.54, 1.807) is 31.2 Å². The van der Waals surface area contributed by atoms with Crippen LogP contribution in [0.2, 0.25) is 0 Å². The fraction of sp³-hybridized carbons (Fsp3) is 0.188. The van der Waals surface area contributed by atoms with Crippen LogP contribution in [-0.4, -0.2) is 23.3 Å². The van der Waals surface area contributed by atoms with Crippen molar-refractivity contribution >= 4 is 17.4 Å². The van der Waals surface area contributed by atoms with Crippen LogP contribution in [0.3, 0.4) is 0 Å². The van der Waals surface area contributed by atoms with E-state index >= 15 is 0 Å². The average molecular weight is 300 g/mol. The van der Waals surface area contributed by atoms with E-state index in [4.69, 9.17) is 4.74 Å². The number of anilines is 1. The predicted octanol–water partition coefficient (Wildman–Crippen LogP) is 1.90. The maximum Gasteiger partial charge on any atom is 0.262 e. The van der Waals surface area contributed by atoms with Gasteiger partial charge in [0.15, 0.2) is 18.1 Å². The number of hydrogen-bond donors (Lipinski definition) is 2. The van der Waals surface area contributed by atoms with Crippen LogP contribution in [0, 0.1) is 6.92 Å². The maximum atomic E-state index is 11.9. The van der Waals surface area contributed by atoms with Crippen LogP contribution in [0.5, 0.6) is 5.75 Å². The Morgan fingerprint density at radius 1 is 1.27 bits per heavy atom. The fourth-order valence-electron chi connectivity index (χ4n) is 1.90. The van der Waals surface area contributed by atoms with Crippen molar-refractivity contribution in [3.63, 3.8) is 0 Å². The molecule has 0 radical (unpaired) electrons. The van der Waals surface area contributed by atoms with Gasteiger partial charge in [0.05, 0.1) is 5.69 Å². The molecule has 1 heterocycles. The largest absolute Gasteiger partial charge is 0.478 e. The zero-order valence-corrected chi connectivity index (χ0v) is 12.3.